The van der Waals surface area contributed by atoms with Gasteiger partial charge in [-0.15, -0.1) is 0 Å². The van der Waals surface area contributed by atoms with E-state index in [9.17, 15) is 43.2 Å². The van der Waals surface area contributed by atoms with Gasteiger partial charge in [0.15, 0.2) is 12.2 Å². The Balaban J connectivity index is 5.21. The first kappa shape index (κ1) is 79.1. The van der Waals surface area contributed by atoms with Crippen molar-refractivity contribution in [3.8, 4) is 0 Å². The van der Waals surface area contributed by atoms with Gasteiger partial charge in [-0.2, -0.15) is 0 Å². The van der Waals surface area contributed by atoms with Gasteiger partial charge in [0.1, 0.15) is 19.3 Å². The number of aliphatic hydroxyl groups is 1. The Kier molecular flexibility index (Phi) is 53.4. The topological polar surface area (TPSA) is 237 Å². The van der Waals surface area contributed by atoms with Crippen molar-refractivity contribution in [1.82, 2.24) is 0 Å². The highest BCUT2D eigenvalue weighted by Gasteiger charge is 2.30. The molecule has 0 amide bonds. The van der Waals surface area contributed by atoms with Gasteiger partial charge in [0, 0.05) is 25.7 Å². The SMILES string of the molecule is CCCCCCCCCCC(=O)OC[C@H](COP(=O)(O)OC[C@H](O)COP(=O)(O)OC[C@@H](COC(=O)CCCCCCCCCCC(C)C)OC(=O)CCCCCCCCCCCCCC(C)C)OC(=O)CCCCCCCCCC. The number of unbranched alkanes of at least 4 members (excludes halogenated alkanes) is 31. The van der Waals surface area contributed by atoms with Crippen LogP contribution in [-0.4, -0.2) is 96.7 Å². The Labute approximate surface area is 492 Å². The predicted octanol–water partition coefficient (Wildman–Crippen LogP) is 16.9. The molecule has 0 saturated carbocycles. The van der Waals surface area contributed by atoms with E-state index >= 15 is 0 Å². The van der Waals surface area contributed by atoms with Gasteiger partial charge >= 0.3 is 39.5 Å². The predicted molar refractivity (Wildman–Crippen MR) is 321 cm³/mol. The first-order valence-corrected chi connectivity index (χ1v) is 35.5. The van der Waals surface area contributed by atoms with Crippen molar-refractivity contribution >= 4 is 39.5 Å². The van der Waals surface area contributed by atoms with E-state index in [0.29, 0.717) is 25.7 Å². The number of rotatable bonds is 61. The summed E-state index contributed by atoms with van der Waals surface area (Å²) in [7, 11) is -9.88. The normalized spacial score (nSPS) is 14.4. The molecule has 0 aromatic rings. The van der Waals surface area contributed by atoms with Gasteiger partial charge in [-0.3, -0.25) is 37.3 Å². The number of hydrogen-bond donors (Lipinski definition) is 3. The van der Waals surface area contributed by atoms with E-state index in [1.54, 1.807) is 0 Å². The summed E-state index contributed by atoms with van der Waals surface area (Å²) in [6.45, 7) is 9.39. The molecule has 0 rings (SSSR count). The summed E-state index contributed by atoms with van der Waals surface area (Å²) in [5, 5.41) is 10.5. The van der Waals surface area contributed by atoms with Gasteiger partial charge in [-0.25, -0.2) is 9.13 Å². The molecule has 0 bridgehead atoms. The van der Waals surface area contributed by atoms with Gasteiger partial charge in [-0.1, -0.05) is 253 Å². The lowest BCUT2D eigenvalue weighted by Gasteiger charge is -2.21. The minimum atomic E-state index is -4.94. The number of carbonyl (C=O) groups is 4. The van der Waals surface area contributed by atoms with E-state index in [4.69, 9.17) is 37.0 Å². The monoisotopic (exact) mass is 1200 g/mol. The van der Waals surface area contributed by atoms with E-state index in [2.05, 4.69) is 41.5 Å². The molecule has 17 nitrogen and oxygen atoms in total. The van der Waals surface area contributed by atoms with E-state index in [0.717, 1.165) is 115 Å². The highest BCUT2D eigenvalue weighted by atomic mass is 31.2. The van der Waals surface area contributed by atoms with Crippen LogP contribution in [0.4, 0.5) is 0 Å². The molecule has 0 heterocycles. The van der Waals surface area contributed by atoms with Gasteiger partial charge in [0.05, 0.1) is 26.4 Å². The summed E-state index contributed by atoms with van der Waals surface area (Å²) >= 11 is 0. The molecule has 81 heavy (non-hydrogen) atoms. The Bertz CT molecular complexity index is 1600. The van der Waals surface area contributed by atoms with E-state index in [-0.39, 0.29) is 25.7 Å². The Morgan fingerprint density at radius 1 is 0.333 bits per heavy atom. The highest BCUT2D eigenvalue weighted by Crippen LogP contribution is 2.45. The van der Waals surface area contributed by atoms with Crippen LogP contribution in [-0.2, 0) is 65.4 Å². The zero-order chi connectivity index (χ0) is 60.1. The Hall–Kier alpha value is -1.94. The lowest BCUT2D eigenvalue weighted by atomic mass is 10.0. The molecule has 0 spiro atoms. The fourth-order valence-corrected chi connectivity index (χ4v) is 10.8. The second kappa shape index (κ2) is 54.7. The molecule has 0 aromatic carbocycles. The number of phosphoric acid groups is 2. The maximum Gasteiger partial charge on any atom is 0.472 e. The van der Waals surface area contributed by atoms with Crippen molar-refractivity contribution in [2.75, 3.05) is 39.6 Å². The van der Waals surface area contributed by atoms with Crippen LogP contribution in [0.2, 0.25) is 0 Å². The number of aliphatic hydroxyl groups excluding tert-OH is 1. The number of esters is 4. The average Bonchev–Trinajstić information content (AvgIpc) is 3.42. The van der Waals surface area contributed by atoms with Crippen LogP contribution in [0.15, 0.2) is 0 Å². The first-order valence-electron chi connectivity index (χ1n) is 32.5. The second-order valence-electron chi connectivity index (χ2n) is 23.4. The van der Waals surface area contributed by atoms with Gasteiger partial charge in [0.25, 0.3) is 0 Å². The molecule has 0 saturated heterocycles. The van der Waals surface area contributed by atoms with Crippen LogP contribution < -0.4 is 0 Å². The maximum atomic E-state index is 13.0. The number of phosphoric ester groups is 2. The molecule has 0 aliphatic carbocycles. The number of ether oxygens (including phenoxy) is 4. The van der Waals surface area contributed by atoms with Crippen molar-refractivity contribution in [3.05, 3.63) is 0 Å². The molecule has 0 aromatic heterocycles. The van der Waals surface area contributed by atoms with Crippen molar-refractivity contribution in [2.45, 2.75) is 323 Å². The Morgan fingerprint density at radius 3 is 0.840 bits per heavy atom. The molecular weight excluding hydrogens is 1080 g/mol. The molecule has 0 aliphatic heterocycles. The maximum absolute atomic E-state index is 13.0. The molecule has 5 atom stereocenters. The fourth-order valence-electron chi connectivity index (χ4n) is 9.18. The molecule has 0 fully saturated rings. The molecule has 3 N–H and O–H groups in total. The number of carbonyl (C=O) groups excluding carboxylic acids is 4. The van der Waals surface area contributed by atoms with Crippen molar-refractivity contribution in [2.24, 2.45) is 11.8 Å². The smallest absolute Gasteiger partial charge is 0.462 e. The molecule has 0 radical (unpaired) electrons. The largest absolute Gasteiger partial charge is 0.472 e. The first-order chi connectivity index (χ1) is 38.9. The number of hydrogen-bond acceptors (Lipinski definition) is 15. The summed E-state index contributed by atoms with van der Waals surface area (Å²) in [5.41, 5.74) is 0. The minimum absolute atomic E-state index is 0.104. The van der Waals surface area contributed by atoms with Gasteiger partial charge < -0.3 is 33.8 Å². The van der Waals surface area contributed by atoms with E-state index in [1.165, 1.54) is 109 Å². The molecule has 2 unspecified atom stereocenters. The van der Waals surface area contributed by atoms with Crippen LogP contribution in [0.3, 0.4) is 0 Å². The summed E-state index contributed by atoms with van der Waals surface area (Å²) in [6, 6.07) is 0. The average molecular weight is 1200 g/mol. The van der Waals surface area contributed by atoms with Crippen molar-refractivity contribution < 1.29 is 80.2 Å². The highest BCUT2D eigenvalue weighted by molar-refractivity contribution is 7.47. The summed E-state index contributed by atoms with van der Waals surface area (Å²) in [6.07, 6.45) is 36.3. The summed E-state index contributed by atoms with van der Waals surface area (Å²) < 4.78 is 67.8. The third kappa shape index (κ3) is 56.9. The minimum Gasteiger partial charge on any atom is -0.462 e. The lowest BCUT2D eigenvalue weighted by molar-refractivity contribution is -0.161. The lowest BCUT2D eigenvalue weighted by Crippen LogP contribution is -2.30. The van der Waals surface area contributed by atoms with Gasteiger partial charge in [-0.05, 0) is 37.5 Å². The molecular formula is C62H120O17P2. The molecule has 0 aliphatic rings. The third-order valence-electron chi connectivity index (χ3n) is 14.2. The van der Waals surface area contributed by atoms with Crippen LogP contribution in [0.1, 0.15) is 305 Å². The molecule has 480 valence electrons. The quantitative estimate of drug-likeness (QED) is 0.0222. The van der Waals surface area contributed by atoms with Crippen molar-refractivity contribution in [3.63, 3.8) is 0 Å². The Morgan fingerprint density at radius 2 is 0.568 bits per heavy atom. The van der Waals surface area contributed by atoms with Crippen LogP contribution in [0.5, 0.6) is 0 Å². The van der Waals surface area contributed by atoms with Crippen LogP contribution in [0.25, 0.3) is 0 Å². The van der Waals surface area contributed by atoms with Crippen LogP contribution in [0, 0.1) is 11.8 Å². The summed E-state index contributed by atoms with van der Waals surface area (Å²) in [4.78, 5) is 72.0. The standard InChI is InChI=1S/C62H120O17P2/c1-7-9-11-13-15-26-32-38-44-59(64)72-50-57(78-61(66)46-40-34-27-16-14-12-10-8-2)52-76-80(68,69)74-48-56(63)49-75-81(70,71)77-53-58(51-73-60(65)45-39-33-28-23-22-25-31-37-43-55(5)6)79-62(67)47-41-35-29-21-19-17-18-20-24-30-36-42-54(3)4/h54-58,63H,7-53H2,1-6H3,(H,68,69)(H,70,71)/t56-,57+,58+/m0/s1. The van der Waals surface area contributed by atoms with Crippen molar-refractivity contribution in [1.29, 1.82) is 0 Å². The van der Waals surface area contributed by atoms with Gasteiger partial charge in [0.2, 0.25) is 0 Å². The van der Waals surface area contributed by atoms with Crippen LogP contribution >= 0.6 is 15.6 Å². The fraction of sp³-hybridized carbons (Fsp3) is 0.935. The van der Waals surface area contributed by atoms with E-state index < -0.39 is 97.5 Å². The summed E-state index contributed by atoms with van der Waals surface area (Å²) in [5.74, 6) is -0.650. The van der Waals surface area contributed by atoms with E-state index in [1.807, 2.05) is 0 Å². The second-order valence-corrected chi connectivity index (χ2v) is 26.3. The zero-order valence-corrected chi connectivity index (χ0v) is 53.9. The molecule has 19 heteroatoms. The zero-order valence-electron chi connectivity index (χ0n) is 52.1. The third-order valence-corrected chi connectivity index (χ3v) is 16.1.